The predicted octanol–water partition coefficient (Wildman–Crippen LogP) is 5.90. The molecule has 27 heavy (non-hydrogen) atoms. The Morgan fingerprint density at radius 3 is 1.19 bits per heavy atom. The second-order valence-electron chi connectivity index (χ2n) is 7.86. The molecule has 0 aliphatic rings. The van der Waals surface area contributed by atoms with Crippen molar-refractivity contribution in [2.75, 3.05) is 6.54 Å². The first-order valence-corrected chi connectivity index (χ1v) is 14.5. The van der Waals surface area contributed by atoms with E-state index in [4.69, 9.17) is 0 Å². The quantitative estimate of drug-likeness (QED) is 0.319. The molecule has 0 aromatic heterocycles. The molecule has 0 unspecified atom stereocenters. The first kappa shape index (κ1) is 20.5. The van der Waals surface area contributed by atoms with E-state index in [-0.39, 0.29) is 5.54 Å². The average Bonchev–Trinajstić information content (AvgIpc) is 2.69. The van der Waals surface area contributed by atoms with E-state index in [2.05, 4.69) is 145 Å². The van der Waals surface area contributed by atoms with Crippen LogP contribution < -0.4 is 15.9 Å². The van der Waals surface area contributed by atoms with E-state index >= 15 is 0 Å². The second-order valence-corrected chi connectivity index (χ2v) is 17.5. The van der Waals surface area contributed by atoms with Crippen LogP contribution in [0.1, 0.15) is 27.7 Å². The molecule has 3 heteroatoms. The van der Waals surface area contributed by atoms with Gasteiger partial charge in [-0.05, 0) is 0 Å². The number of halogens is 1. The van der Waals surface area contributed by atoms with Crippen molar-refractivity contribution in [1.29, 1.82) is 0 Å². The van der Waals surface area contributed by atoms with Crippen LogP contribution in [0.3, 0.4) is 0 Å². The van der Waals surface area contributed by atoms with Crippen LogP contribution in [0, 0.1) is 0 Å². The van der Waals surface area contributed by atoms with Crippen molar-refractivity contribution >= 4 is 42.4 Å². The summed E-state index contributed by atoms with van der Waals surface area (Å²) in [5, 5.41) is 4.20. The Morgan fingerprint density at radius 1 is 0.667 bits per heavy atom. The summed E-state index contributed by atoms with van der Waals surface area (Å²) in [4.78, 5) is 0. The van der Waals surface area contributed by atoms with E-state index in [1.165, 1.54) is 15.9 Å². The van der Waals surface area contributed by atoms with E-state index in [0.29, 0.717) is 0 Å². The van der Waals surface area contributed by atoms with Crippen LogP contribution in [0.4, 0.5) is 0 Å². The molecule has 1 nitrogen and oxygen atoms in total. The Kier molecular flexibility index (Phi) is 5.82. The van der Waals surface area contributed by atoms with Crippen LogP contribution in [0.5, 0.6) is 0 Å². The van der Waals surface area contributed by atoms with Gasteiger partial charge in [0.15, 0.2) is 0 Å². The minimum atomic E-state index is -2.91. The van der Waals surface area contributed by atoms with E-state index < -0.39 is 4.40 Å². The summed E-state index contributed by atoms with van der Waals surface area (Å²) in [6.07, 6.45) is 0. The zero-order chi connectivity index (χ0) is 19.6. The third-order valence-electron chi connectivity index (χ3n) is 5.21. The third kappa shape index (κ3) is 3.26. The zero-order valence-corrected chi connectivity index (χ0v) is 19.7. The summed E-state index contributed by atoms with van der Waals surface area (Å²) in [5.74, 6) is 0. The first-order valence-electron chi connectivity index (χ1n) is 9.52. The Morgan fingerprint density at radius 2 is 0.963 bits per heavy atom. The molecule has 3 rings (SSSR count). The summed E-state index contributed by atoms with van der Waals surface area (Å²) in [6.45, 7) is 10.3. The van der Waals surface area contributed by atoms with Crippen LogP contribution in [0.25, 0.3) is 0 Å². The first-order chi connectivity index (χ1) is 12.8. The molecule has 0 saturated carbocycles. The molecule has 0 radical (unpaired) electrons. The van der Waals surface area contributed by atoms with Gasteiger partial charge in [-0.15, -0.1) is 0 Å². The van der Waals surface area contributed by atoms with Crippen LogP contribution in [-0.2, 0) is 0 Å². The molecule has 0 heterocycles. The normalized spacial score (nSPS) is 13.9. The molecular weight excluding hydrogens is 460 g/mol. The summed E-state index contributed by atoms with van der Waals surface area (Å²) in [7, 11) is 0. The Bertz CT molecular complexity index is 773. The third-order valence-corrected chi connectivity index (χ3v) is 17.3. The van der Waals surface area contributed by atoms with Crippen LogP contribution >= 0.6 is 26.4 Å². The van der Waals surface area contributed by atoms with E-state index in [1.54, 1.807) is 0 Å². The molecule has 3 aromatic carbocycles. The molecule has 0 fully saturated rings. The van der Waals surface area contributed by atoms with Crippen molar-refractivity contribution in [1.82, 2.24) is 4.67 Å². The fourth-order valence-corrected chi connectivity index (χ4v) is 15.6. The van der Waals surface area contributed by atoms with Crippen molar-refractivity contribution < 1.29 is 0 Å². The fourth-order valence-electron chi connectivity index (χ4n) is 4.27. The fraction of sp³-hybridized carbons (Fsp3) is 0.250. The molecule has 0 N–H and O–H groups in total. The van der Waals surface area contributed by atoms with Crippen LogP contribution in [0.2, 0.25) is 0 Å². The second kappa shape index (κ2) is 7.66. The Labute approximate surface area is 177 Å². The minimum absolute atomic E-state index is 0.00921. The van der Waals surface area contributed by atoms with Gasteiger partial charge in [0.25, 0.3) is 0 Å². The van der Waals surface area contributed by atoms with Crippen molar-refractivity contribution in [3.8, 4) is 0 Å². The number of hydrogen-bond donors (Lipinski definition) is 0. The summed E-state index contributed by atoms with van der Waals surface area (Å²) < 4.78 is -0.157. The van der Waals surface area contributed by atoms with Crippen molar-refractivity contribution in [3.63, 3.8) is 0 Å². The Hall–Kier alpha value is -1.22. The molecule has 3 aromatic rings. The van der Waals surface area contributed by atoms with Crippen molar-refractivity contribution in [2.45, 2.75) is 33.2 Å². The molecule has 0 bridgehead atoms. The Balaban J connectivity index is 2.55. The molecule has 0 atom stereocenters. The van der Waals surface area contributed by atoms with Crippen molar-refractivity contribution in [3.05, 3.63) is 91.0 Å². The number of rotatable bonds is 5. The molecule has 0 spiro atoms. The molecule has 0 aliphatic heterocycles. The van der Waals surface area contributed by atoms with Gasteiger partial charge in [0.1, 0.15) is 0 Å². The van der Waals surface area contributed by atoms with Gasteiger partial charge in [-0.25, -0.2) is 0 Å². The molecular formula is C24H29INP. The van der Waals surface area contributed by atoms with Crippen LogP contribution in [-0.4, -0.2) is 16.8 Å². The molecule has 0 saturated heterocycles. The van der Waals surface area contributed by atoms with Gasteiger partial charge < -0.3 is 0 Å². The monoisotopic (exact) mass is 489 g/mol. The maximum absolute atomic E-state index is 2.91. The van der Waals surface area contributed by atoms with E-state index in [1.807, 2.05) is 0 Å². The van der Waals surface area contributed by atoms with Crippen LogP contribution in [0.15, 0.2) is 91.0 Å². The molecule has 142 valence electrons. The number of benzene rings is 3. The van der Waals surface area contributed by atoms with Gasteiger partial charge in [-0.1, -0.05) is 0 Å². The summed E-state index contributed by atoms with van der Waals surface area (Å²) in [5.41, 5.74) is 0.00921. The number of hydrogen-bond acceptors (Lipinski definition) is 1. The zero-order valence-electron chi connectivity index (χ0n) is 16.6. The van der Waals surface area contributed by atoms with Gasteiger partial charge in [0.05, 0.1) is 0 Å². The molecule has 0 amide bonds. The van der Waals surface area contributed by atoms with Gasteiger partial charge in [0.2, 0.25) is 0 Å². The SMILES string of the molecule is CCN(C(C)(C)C)P(I)(c1ccccc1)(c1ccccc1)c1ccccc1. The summed E-state index contributed by atoms with van der Waals surface area (Å²) in [6, 6.07) is 33.3. The van der Waals surface area contributed by atoms with Crippen molar-refractivity contribution in [2.24, 2.45) is 0 Å². The maximum atomic E-state index is 2.85. The van der Waals surface area contributed by atoms with E-state index in [0.717, 1.165) is 6.54 Å². The summed E-state index contributed by atoms with van der Waals surface area (Å²) >= 11 is 2.85. The average molecular weight is 489 g/mol. The van der Waals surface area contributed by atoms with E-state index in [9.17, 15) is 0 Å². The van der Waals surface area contributed by atoms with Gasteiger partial charge >= 0.3 is 178 Å². The predicted molar refractivity (Wildman–Crippen MR) is 131 cm³/mol. The van der Waals surface area contributed by atoms with Gasteiger partial charge in [-0.3, -0.25) is 0 Å². The topological polar surface area (TPSA) is 3.24 Å². The standard InChI is InChI=1S/C24H29INP/c1-5-26(24(2,3)4)27(25,21-15-9-6-10-16-21,22-17-11-7-12-18-22)23-19-13-8-14-20-23/h6-20H,5H2,1-4H3. The van der Waals surface area contributed by atoms with Gasteiger partial charge in [0, 0.05) is 0 Å². The number of nitrogens with zero attached hydrogens (tertiary/aromatic N) is 1. The molecule has 0 aliphatic carbocycles. The van der Waals surface area contributed by atoms with Gasteiger partial charge in [-0.2, -0.15) is 0 Å².